The number of amides is 2. The van der Waals surface area contributed by atoms with Crippen molar-refractivity contribution in [3.05, 3.63) is 63.1 Å². The van der Waals surface area contributed by atoms with Crippen LogP contribution in [0.4, 0.5) is 0 Å². The third kappa shape index (κ3) is 6.50. The van der Waals surface area contributed by atoms with Gasteiger partial charge in [0.2, 0.25) is 5.91 Å². The van der Waals surface area contributed by atoms with E-state index in [9.17, 15) is 9.59 Å². The first-order chi connectivity index (χ1) is 12.9. The Hall–Kier alpha value is -2.16. The lowest BCUT2D eigenvalue weighted by atomic mass is 10.1. The van der Waals surface area contributed by atoms with Crippen molar-refractivity contribution >= 4 is 56.7 Å². The minimum absolute atomic E-state index is 0.0000796. The minimum Gasteiger partial charge on any atom is -0.496 e. The first kappa shape index (κ1) is 21.1. The van der Waals surface area contributed by atoms with E-state index in [1.165, 1.54) is 7.11 Å². The molecule has 3 N–H and O–H groups in total. The highest BCUT2D eigenvalue weighted by Gasteiger charge is 2.11. The van der Waals surface area contributed by atoms with E-state index in [4.69, 9.17) is 28.6 Å². The summed E-state index contributed by atoms with van der Waals surface area (Å²) in [6.07, 6.45) is 0.700. The highest BCUT2D eigenvalue weighted by molar-refractivity contribution is 9.10. The van der Waals surface area contributed by atoms with E-state index in [0.29, 0.717) is 27.2 Å². The Labute approximate surface area is 175 Å². The number of carbonyl (C=O) groups is 2. The fraction of sp³-hybridized carbons (Fsp3) is 0.167. The highest BCUT2D eigenvalue weighted by atomic mass is 79.9. The molecule has 2 aromatic carbocycles. The zero-order valence-electron chi connectivity index (χ0n) is 14.3. The zero-order valence-corrected chi connectivity index (χ0v) is 17.5. The lowest BCUT2D eigenvalue weighted by molar-refractivity contribution is -0.119. The summed E-state index contributed by atoms with van der Waals surface area (Å²) in [5.41, 5.74) is 6.19. The Kier molecular flexibility index (Phi) is 8.02. The first-order valence-corrected chi connectivity index (χ1v) is 9.45. The van der Waals surface area contributed by atoms with Crippen LogP contribution in [0.5, 0.6) is 5.75 Å². The van der Waals surface area contributed by atoms with Gasteiger partial charge in [-0.2, -0.15) is 0 Å². The molecule has 0 saturated carbocycles. The maximum absolute atomic E-state index is 12.1. The second-order valence-corrected chi connectivity index (χ2v) is 7.07. The summed E-state index contributed by atoms with van der Waals surface area (Å²) in [5.74, 6) is -0.0827. The summed E-state index contributed by atoms with van der Waals surface area (Å²) in [4.78, 5) is 24.1. The smallest absolute Gasteiger partial charge is 0.269 e. The Balaban J connectivity index is 1.78. The van der Waals surface area contributed by atoms with Gasteiger partial charge in [0.15, 0.2) is 5.11 Å². The van der Waals surface area contributed by atoms with Gasteiger partial charge < -0.3 is 10.1 Å². The van der Waals surface area contributed by atoms with Crippen LogP contribution >= 0.6 is 39.7 Å². The number of thiocarbonyl (C=S) groups is 1. The van der Waals surface area contributed by atoms with Crippen molar-refractivity contribution < 1.29 is 14.3 Å². The maximum Gasteiger partial charge on any atom is 0.269 e. The van der Waals surface area contributed by atoms with Gasteiger partial charge in [-0.1, -0.05) is 29.8 Å². The quantitative estimate of drug-likeness (QED) is 0.461. The summed E-state index contributed by atoms with van der Waals surface area (Å²) in [6.45, 7) is 0. The predicted molar refractivity (Wildman–Crippen MR) is 112 cm³/mol. The van der Waals surface area contributed by atoms with Gasteiger partial charge in [-0.15, -0.1) is 0 Å². The van der Waals surface area contributed by atoms with Gasteiger partial charge >= 0.3 is 0 Å². The molecular weight excluding hydrogens is 454 g/mol. The molecule has 0 fully saturated rings. The number of methoxy groups -OCH3 is 1. The van der Waals surface area contributed by atoms with Crippen molar-refractivity contribution in [1.29, 1.82) is 0 Å². The van der Waals surface area contributed by atoms with E-state index in [1.807, 2.05) is 18.2 Å². The lowest BCUT2D eigenvalue weighted by Gasteiger charge is -2.11. The van der Waals surface area contributed by atoms with Crippen LogP contribution in [0.3, 0.4) is 0 Å². The van der Waals surface area contributed by atoms with Gasteiger partial charge in [0, 0.05) is 17.0 Å². The van der Waals surface area contributed by atoms with Crippen LogP contribution in [0.15, 0.2) is 46.9 Å². The molecule has 0 atom stereocenters. The molecule has 2 aromatic rings. The van der Waals surface area contributed by atoms with Crippen molar-refractivity contribution in [3.63, 3.8) is 0 Å². The number of benzene rings is 2. The molecule has 2 amide bonds. The topological polar surface area (TPSA) is 79.5 Å². The van der Waals surface area contributed by atoms with Crippen molar-refractivity contribution in [2.45, 2.75) is 12.8 Å². The van der Waals surface area contributed by atoms with Gasteiger partial charge in [-0.25, -0.2) is 0 Å². The number of hydrogen-bond donors (Lipinski definition) is 3. The molecule has 0 saturated heterocycles. The molecule has 0 heterocycles. The maximum atomic E-state index is 12.1. The molecule has 142 valence electrons. The van der Waals surface area contributed by atoms with E-state index in [1.54, 1.807) is 24.3 Å². The first-order valence-electron chi connectivity index (χ1n) is 7.88. The van der Waals surface area contributed by atoms with Crippen LogP contribution in [-0.4, -0.2) is 24.0 Å². The second-order valence-electron chi connectivity index (χ2n) is 5.40. The van der Waals surface area contributed by atoms with Gasteiger partial charge in [0.05, 0.1) is 11.6 Å². The van der Waals surface area contributed by atoms with Gasteiger partial charge in [0.25, 0.3) is 5.91 Å². The number of nitrogens with one attached hydrogen (secondary N) is 3. The fourth-order valence-electron chi connectivity index (χ4n) is 2.16. The van der Waals surface area contributed by atoms with Crippen LogP contribution in [-0.2, 0) is 11.2 Å². The Morgan fingerprint density at radius 3 is 2.59 bits per heavy atom. The number of ether oxygens (including phenoxy) is 1. The number of carbonyl (C=O) groups excluding carboxylic acids is 2. The van der Waals surface area contributed by atoms with Crippen molar-refractivity contribution in [2.75, 3.05) is 7.11 Å². The summed E-state index contributed by atoms with van der Waals surface area (Å²) in [5, 5.41) is 3.12. The van der Waals surface area contributed by atoms with Crippen molar-refractivity contribution in [1.82, 2.24) is 16.2 Å². The fourth-order valence-corrected chi connectivity index (χ4v) is 3.10. The van der Waals surface area contributed by atoms with Crippen LogP contribution in [0.25, 0.3) is 0 Å². The van der Waals surface area contributed by atoms with Crippen molar-refractivity contribution in [2.24, 2.45) is 0 Å². The van der Waals surface area contributed by atoms with Crippen molar-refractivity contribution in [3.8, 4) is 5.75 Å². The number of rotatable bonds is 5. The van der Waals surface area contributed by atoms with Crippen LogP contribution < -0.4 is 20.9 Å². The average molecular weight is 471 g/mol. The molecule has 0 aliphatic heterocycles. The van der Waals surface area contributed by atoms with Gasteiger partial charge in [-0.3, -0.25) is 20.4 Å². The van der Waals surface area contributed by atoms with Crippen LogP contribution in [0.1, 0.15) is 22.3 Å². The molecule has 0 radical (unpaired) electrons. The van der Waals surface area contributed by atoms with E-state index in [0.717, 1.165) is 5.56 Å². The summed E-state index contributed by atoms with van der Waals surface area (Å²) >= 11 is 14.4. The second kappa shape index (κ2) is 10.2. The number of hydrogen-bond acceptors (Lipinski definition) is 4. The van der Waals surface area contributed by atoms with E-state index < -0.39 is 5.91 Å². The molecule has 0 bridgehead atoms. The molecule has 2 rings (SSSR count). The van der Waals surface area contributed by atoms with Crippen LogP contribution in [0.2, 0.25) is 5.02 Å². The van der Waals surface area contributed by atoms with E-state index >= 15 is 0 Å². The molecule has 0 unspecified atom stereocenters. The predicted octanol–water partition coefficient (Wildman–Crippen LogP) is 3.38. The monoisotopic (exact) mass is 469 g/mol. The summed E-state index contributed by atoms with van der Waals surface area (Å²) in [7, 11) is 1.54. The van der Waals surface area contributed by atoms with Gasteiger partial charge in [0.1, 0.15) is 5.75 Å². The summed E-state index contributed by atoms with van der Waals surface area (Å²) < 4.78 is 5.76. The highest BCUT2D eigenvalue weighted by Crippen LogP contribution is 2.25. The number of aryl methyl sites for hydroxylation is 1. The molecular formula is C18H17BrClN3O3S. The Morgan fingerprint density at radius 2 is 1.93 bits per heavy atom. The molecule has 0 aromatic heterocycles. The van der Waals surface area contributed by atoms with E-state index in [-0.39, 0.29) is 17.4 Å². The molecule has 9 heteroatoms. The Morgan fingerprint density at radius 1 is 1.19 bits per heavy atom. The molecule has 27 heavy (non-hydrogen) atoms. The lowest BCUT2D eigenvalue weighted by Crippen LogP contribution is -2.48. The number of halogens is 2. The molecule has 0 aliphatic rings. The zero-order chi connectivity index (χ0) is 19.8. The molecule has 0 spiro atoms. The van der Waals surface area contributed by atoms with E-state index in [2.05, 4.69) is 32.1 Å². The molecule has 0 aliphatic carbocycles. The summed E-state index contributed by atoms with van der Waals surface area (Å²) in [6, 6.07) is 12.2. The SMILES string of the molecule is COc1ccc(C(=O)NNC(=S)NC(=O)CCc2ccccc2Cl)cc1Br. The third-order valence-corrected chi connectivity index (χ3v) is 4.73. The Bertz CT molecular complexity index is 863. The standard InChI is InChI=1S/C18H17BrClN3O3S/c1-26-15-8-6-12(10-13(15)19)17(25)22-23-18(27)21-16(24)9-7-11-4-2-3-5-14(11)20/h2-6,8,10H,7,9H2,1H3,(H,22,25)(H2,21,23,24,27). The number of hydrazine groups is 1. The third-order valence-electron chi connectivity index (χ3n) is 3.54. The average Bonchev–Trinajstić information content (AvgIpc) is 2.65. The largest absolute Gasteiger partial charge is 0.496 e. The molecule has 6 nitrogen and oxygen atoms in total. The van der Waals surface area contributed by atoms with Gasteiger partial charge in [-0.05, 0) is 64.4 Å². The normalized spacial score (nSPS) is 10.0. The minimum atomic E-state index is -0.411. The van der Waals surface area contributed by atoms with Crippen LogP contribution in [0, 0.1) is 0 Å².